The Balaban J connectivity index is 1.87. The molecule has 0 aliphatic carbocycles. The Hall–Kier alpha value is -0.940. The van der Waals surface area contributed by atoms with Crippen LogP contribution in [0.4, 0.5) is 0 Å². The molecule has 4 nitrogen and oxygen atoms in total. The second kappa shape index (κ2) is 7.31. The quantitative estimate of drug-likeness (QED) is 0.737. The molecule has 0 spiro atoms. The summed E-state index contributed by atoms with van der Waals surface area (Å²) in [4.78, 5) is 1.34. The van der Waals surface area contributed by atoms with Crippen LogP contribution in [0.25, 0.3) is 0 Å². The van der Waals surface area contributed by atoms with Crippen LogP contribution in [-0.4, -0.2) is 46.7 Å². The van der Waals surface area contributed by atoms with Crippen molar-refractivity contribution in [3.05, 3.63) is 35.9 Å². The molecule has 0 radical (unpaired) electrons. The average molecular weight is 322 g/mol. The van der Waals surface area contributed by atoms with Crippen molar-refractivity contribution in [1.29, 1.82) is 0 Å². The van der Waals surface area contributed by atoms with Gasteiger partial charge in [-0.25, -0.2) is 0 Å². The summed E-state index contributed by atoms with van der Waals surface area (Å²) >= 11 is 0. The van der Waals surface area contributed by atoms with Crippen molar-refractivity contribution in [3.8, 4) is 0 Å². The van der Waals surface area contributed by atoms with Gasteiger partial charge in [-0.2, -0.15) is 0 Å². The summed E-state index contributed by atoms with van der Waals surface area (Å²) in [6, 6.07) is 10.0. The fourth-order valence-corrected chi connectivity index (χ4v) is 4.15. The second-order valence-electron chi connectivity index (χ2n) is 8.17. The van der Waals surface area contributed by atoms with Gasteiger partial charge in [0.15, 0.2) is 0 Å². The predicted molar refractivity (Wildman–Crippen MR) is 91.3 cm³/mol. The highest BCUT2D eigenvalue weighted by Crippen LogP contribution is 2.23. The van der Waals surface area contributed by atoms with E-state index in [1.54, 1.807) is 0 Å². The Bertz CT molecular complexity index is 469. The van der Waals surface area contributed by atoms with E-state index < -0.39 is 6.10 Å². The van der Waals surface area contributed by atoms with Gasteiger partial charge in [-0.1, -0.05) is 30.3 Å². The number of ether oxygens (including phenoxy) is 1. The Morgan fingerprint density at radius 1 is 1.13 bits per heavy atom. The number of aliphatic hydroxyl groups excluding tert-OH is 2. The van der Waals surface area contributed by atoms with Crippen LogP contribution in [0.1, 0.15) is 46.1 Å². The highest BCUT2D eigenvalue weighted by Gasteiger charge is 2.49. The van der Waals surface area contributed by atoms with E-state index in [2.05, 4.69) is 27.7 Å². The summed E-state index contributed by atoms with van der Waals surface area (Å²) in [7, 11) is 0. The van der Waals surface area contributed by atoms with E-state index in [4.69, 9.17) is 4.74 Å². The summed E-state index contributed by atoms with van der Waals surface area (Å²) in [5, 5.41) is 20.5. The standard InChI is InChI=1S/C19H31NO3/c1-18(2)10-16(21)11-19(3,4)20(18)12-17(22)14-23-13-15-8-6-5-7-9-15/h5-9,16-17,21-22H,10-14H2,1-4H3/p+1/t17-/m0/s1. The van der Waals surface area contributed by atoms with Crippen LogP contribution in [0.3, 0.4) is 0 Å². The summed E-state index contributed by atoms with van der Waals surface area (Å²) in [6.07, 6.45) is 0.782. The third kappa shape index (κ3) is 5.01. The first kappa shape index (κ1) is 18.4. The van der Waals surface area contributed by atoms with Crippen LogP contribution in [-0.2, 0) is 11.3 Å². The number of benzene rings is 1. The predicted octanol–water partition coefficient (Wildman–Crippen LogP) is 1.16. The Morgan fingerprint density at radius 3 is 2.26 bits per heavy atom. The molecular weight excluding hydrogens is 290 g/mol. The normalized spacial score (nSPS) is 27.6. The molecule has 1 aliphatic rings. The third-order valence-electron chi connectivity index (χ3n) is 4.99. The second-order valence-corrected chi connectivity index (χ2v) is 8.17. The fraction of sp³-hybridized carbons (Fsp3) is 0.684. The van der Waals surface area contributed by atoms with E-state index in [-0.39, 0.29) is 17.2 Å². The molecule has 1 atom stereocenters. The average Bonchev–Trinajstić information content (AvgIpc) is 2.43. The molecule has 0 amide bonds. The first-order valence-electron chi connectivity index (χ1n) is 8.55. The number of rotatable bonds is 6. The van der Waals surface area contributed by atoms with Crippen LogP contribution in [0, 0.1) is 0 Å². The largest absolute Gasteiger partial charge is 0.393 e. The van der Waals surface area contributed by atoms with Gasteiger partial charge in [-0.15, -0.1) is 0 Å². The number of quaternary nitrogens is 1. The Morgan fingerprint density at radius 2 is 1.70 bits per heavy atom. The van der Waals surface area contributed by atoms with Gasteiger partial charge in [0.1, 0.15) is 12.6 Å². The van der Waals surface area contributed by atoms with Crippen LogP contribution < -0.4 is 4.90 Å². The SMILES string of the molecule is CC1(C)CC(O)CC(C)(C)[NH+]1C[C@H](O)COCc1ccccc1. The van der Waals surface area contributed by atoms with Crippen molar-refractivity contribution in [3.63, 3.8) is 0 Å². The zero-order chi connectivity index (χ0) is 17.1. The van der Waals surface area contributed by atoms with Crippen LogP contribution >= 0.6 is 0 Å². The molecule has 2 rings (SSSR count). The molecule has 23 heavy (non-hydrogen) atoms. The fourth-order valence-electron chi connectivity index (χ4n) is 4.15. The van der Waals surface area contributed by atoms with Gasteiger partial charge in [-0.05, 0) is 33.3 Å². The number of nitrogens with one attached hydrogen (secondary N) is 1. The molecule has 1 saturated heterocycles. The highest BCUT2D eigenvalue weighted by atomic mass is 16.5. The van der Waals surface area contributed by atoms with Crippen molar-refractivity contribution in [2.45, 2.75) is 70.4 Å². The molecule has 130 valence electrons. The lowest BCUT2D eigenvalue weighted by Gasteiger charge is -2.51. The van der Waals surface area contributed by atoms with E-state index in [9.17, 15) is 10.2 Å². The minimum Gasteiger partial charge on any atom is -0.393 e. The molecule has 1 fully saturated rings. The summed E-state index contributed by atoms with van der Waals surface area (Å²) in [6.45, 7) is 10.2. The van der Waals surface area contributed by atoms with Gasteiger partial charge in [0, 0.05) is 12.8 Å². The smallest absolute Gasteiger partial charge is 0.126 e. The van der Waals surface area contributed by atoms with Gasteiger partial charge in [0.25, 0.3) is 0 Å². The molecule has 3 N–H and O–H groups in total. The lowest BCUT2D eigenvalue weighted by molar-refractivity contribution is -1.00. The van der Waals surface area contributed by atoms with Crippen molar-refractivity contribution >= 4 is 0 Å². The monoisotopic (exact) mass is 322 g/mol. The minimum atomic E-state index is -0.498. The number of hydrogen-bond donors (Lipinski definition) is 3. The maximum Gasteiger partial charge on any atom is 0.126 e. The lowest BCUT2D eigenvalue weighted by atomic mass is 9.78. The van der Waals surface area contributed by atoms with E-state index in [1.807, 2.05) is 30.3 Å². The van der Waals surface area contributed by atoms with E-state index >= 15 is 0 Å². The third-order valence-corrected chi connectivity index (χ3v) is 4.99. The van der Waals surface area contributed by atoms with Gasteiger partial charge in [0.2, 0.25) is 0 Å². The molecular formula is C19H32NO3+. The first-order valence-corrected chi connectivity index (χ1v) is 8.55. The van der Waals surface area contributed by atoms with Gasteiger partial charge >= 0.3 is 0 Å². The molecule has 4 heteroatoms. The number of hydrogen-bond acceptors (Lipinski definition) is 3. The molecule has 0 aromatic heterocycles. The van der Waals surface area contributed by atoms with Crippen LogP contribution in [0.2, 0.25) is 0 Å². The molecule has 1 heterocycles. The van der Waals surface area contributed by atoms with Crippen LogP contribution in [0.15, 0.2) is 30.3 Å². The Kier molecular flexibility index (Phi) is 5.84. The Labute approximate surface area is 140 Å². The van der Waals surface area contributed by atoms with Gasteiger partial charge in [0.05, 0.1) is 30.4 Å². The number of likely N-dealkylation sites (tertiary alicyclic amines) is 1. The van der Waals surface area contributed by atoms with E-state index in [0.29, 0.717) is 19.8 Å². The minimum absolute atomic E-state index is 0.0540. The van der Waals surface area contributed by atoms with Crippen molar-refractivity contribution < 1.29 is 19.8 Å². The van der Waals surface area contributed by atoms with Crippen LogP contribution in [0.5, 0.6) is 0 Å². The zero-order valence-electron chi connectivity index (χ0n) is 14.9. The van der Waals surface area contributed by atoms with Crippen molar-refractivity contribution in [1.82, 2.24) is 0 Å². The van der Waals surface area contributed by atoms with Gasteiger partial charge in [-0.3, -0.25) is 0 Å². The number of aliphatic hydroxyl groups is 2. The maximum atomic E-state index is 10.4. The van der Waals surface area contributed by atoms with E-state index in [1.165, 1.54) is 4.90 Å². The van der Waals surface area contributed by atoms with Gasteiger partial charge < -0.3 is 19.8 Å². The molecule has 0 bridgehead atoms. The molecule has 0 unspecified atom stereocenters. The molecule has 1 aromatic carbocycles. The van der Waals surface area contributed by atoms with E-state index in [0.717, 1.165) is 18.4 Å². The summed E-state index contributed by atoms with van der Waals surface area (Å²) in [5.74, 6) is 0. The zero-order valence-corrected chi connectivity index (χ0v) is 14.9. The molecule has 1 aliphatic heterocycles. The first-order chi connectivity index (χ1) is 10.7. The van der Waals surface area contributed by atoms with Crippen molar-refractivity contribution in [2.24, 2.45) is 0 Å². The number of piperidine rings is 1. The highest BCUT2D eigenvalue weighted by molar-refractivity contribution is 5.13. The maximum absolute atomic E-state index is 10.4. The topological polar surface area (TPSA) is 54.1 Å². The molecule has 0 saturated carbocycles. The summed E-state index contributed by atoms with van der Waals surface area (Å²) in [5.41, 5.74) is 1.01. The molecule has 1 aromatic rings. The lowest BCUT2D eigenvalue weighted by Crippen LogP contribution is -3.27. The summed E-state index contributed by atoms with van der Waals surface area (Å²) < 4.78 is 5.67. The van der Waals surface area contributed by atoms with Crippen molar-refractivity contribution in [2.75, 3.05) is 13.2 Å².